The molecule has 2 atom stereocenters. The molecule has 1 aliphatic heterocycles. The highest BCUT2D eigenvalue weighted by Gasteiger charge is 2.27. The topological polar surface area (TPSA) is 34.0 Å². The molecule has 0 spiro atoms. The number of rotatable bonds is 4. The Balaban J connectivity index is 1.75. The smallest absolute Gasteiger partial charge is 0.137 e. The molecule has 3 rings (SSSR count). The zero-order valence-corrected chi connectivity index (χ0v) is 12.3. The summed E-state index contributed by atoms with van der Waals surface area (Å²) in [5.74, 6) is -0.173. The van der Waals surface area contributed by atoms with Crippen molar-refractivity contribution in [3.8, 4) is 0 Å². The number of benzene rings is 1. The zero-order chi connectivity index (χ0) is 14.7. The van der Waals surface area contributed by atoms with Crippen LogP contribution in [0, 0.1) is 5.82 Å². The molecule has 5 heteroatoms. The largest absolute Gasteiger partial charge is 0.294 e. The monoisotopic (exact) mass is 288 g/mol. The van der Waals surface area contributed by atoms with Gasteiger partial charge in [-0.1, -0.05) is 19.1 Å². The van der Waals surface area contributed by atoms with Gasteiger partial charge in [-0.25, -0.2) is 14.1 Å². The van der Waals surface area contributed by atoms with Gasteiger partial charge in [0.05, 0.1) is 6.04 Å². The van der Waals surface area contributed by atoms with Crippen molar-refractivity contribution in [2.24, 2.45) is 0 Å². The number of aromatic nitrogens is 3. The van der Waals surface area contributed by atoms with Gasteiger partial charge in [0.1, 0.15) is 18.5 Å². The Labute approximate surface area is 124 Å². The third kappa shape index (κ3) is 3.13. The van der Waals surface area contributed by atoms with Gasteiger partial charge >= 0.3 is 0 Å². The summed E-state index contributed by atoms with van der Waals surface area (Å²) in [5, 5.41) is 4.27. The molecule has 4 nitrogen and oxygen atoms in total. The molecule has 1 aliphatic rings. The van der Waals surface area contributed by atoms with Gasteiger partial charge in [0, 0.05) is 12.6 Å². The second-order valence-corrected chi connectivity index (χ2v) is 5.64. The van der Waals surface area contributed by atoms with E-state index in [1.54, 1.807) is 24.8 Å². The Morgan fingerprint density at radius 1 is 1.33 bits per heavy atom. The molecule has 21 heavy (non-hydrogen) atoms. The maximum atomic E-state index is 13.1. The first-order chi connectivity index (χ1) is 10.3. The Bertz CT molecular complexity index is 552. The van der Waals surface area contributed by atoms with Gasteiger partial charge in [-0.15, -0.1) is 0 Å². The summed E-state index contributed by atoms with van der Waals surface area (Å²) < 4.78 is 15.1. The lowest BCUT2D eigenvalue weighted by Crippen LogP contribution is -2.39. The summed E-state index contributed by atoms with van der Waals surface area (Å²) in [6.45, 7) is 4.24. The van der Waals surface area contributed by atoms with Crippen molar-refractivity contribution in [2.45, 2.75) is 38.3 Å². The molecule has 1 fully saturated rings. The number of likely N-dealkylation sites (tertiary alicyclic amines) is 1. The van der Waals surface area contributed by atoms with Crippen LogP contribution in [0.5, 0.6) is 0 Å². The standard InChI is InChI=1S/C16H21FN4/c1-2-16(13-5-7-14(17)8-6-13)20-9-3-4-15(10-20)21-12-18-11-19-21/h5-8,11-12,15-16H,2-4,9-10H2,1H3/t15-,16+/m1/s1. The summed E-state index contributed by atoms with van der Waals surface area (Å²) in [5.41, 5.74) is 1.19. The first-order valence-corrected chi connectivity index (χ1v) is 7.61. The predicted octanol–water partition coefficient (Wildman–Crippen LogP) is 3.21. The van der Waals surface area contributed by atoms with Gasteiger partial charge in [0.2, 0.25) is 0 Å². The molecule has 2 aromatic rings. The van der Waals surface area contributed by atoms with Crippen LogP contribution < -0.4 is 0 Å². The lowest BCUT2D eigenvalue weighted by atomic mass is 9.98. The first kappa shape index (κ1) is 14.2. The van der Waals surface area contributed by atoms with Gasteiger partial charge < -0.3 is 0 Å². The van der Waals surface area contributed by atoms with Crippen molar-refractivity contribution in [3.63, 3.8) is 0 Å². The fourth-order valence-corrected chi connectivity index (χ4v) is 3.28. The molecule has 1 saturated heterocycles. The van der Waals surface area contributed by atoms with E-state index in [1.807, 2.05) is 16.8 Å². The normalized spacial score (nSPS) is 21.3. The third-order valence-corrected chi connectivity index (χ3v) is 4.32. The number of hydrogen-bond acceptors (Lipinski definition) is 3. The Hall–Kier alpha value is -1.75. The van der Waals surface area contributed by atoms with Crippen molar-refractivity contribution < 1.29 is 4.39 Å². The van der Waals surface area contributed by atoms with Gasteiger partial charge in [0.25, 0.3) is 0 Å². The minimum absolute atomic E-state index is 0.173. The number of piperidine rings is 1. The van der Waals surface area contributed by atoms with Gasteiger partial charge in [0.15, 0.2) is 0 Å². The molecule has 0 amide bonds. The minimum atomic E-state index is -0.173. The fourth-order valence-electron chi connectivity index (χ4n) is 3.28. The van der Waals surface area contributed by atoms with Crippen LogP contribution in [-0.2, 0) is 0 Å². The van der Waals surface area contributed by atoms with Crippen LogP contribution in [-0.4, -0.2) is 32.8 Å². The predicted molar refractivity (Wildman–Crippen MR) is 79.3 cm³/mol. The Morgan fingerprint density at radius 2 is 2.14 bits per heavy atom. The van der Waals surface area contributed by atoms with Gasteiger partial charge in [-0.05, 0) is 43.5 Å². The maximum absolute atomic E-state index is 13.1. The van der Waals surface area contributed by atoms with E-state index < -0.39 is 0 Å². The van der Waals surface area contributed by atoms with E-state index in [-0.39, 0.29) is 5.82 Å². The van der Waals surface area contributed by atoms with E-state index in [1.165, 1.54) is 5.56 Å². The summed E-state index contributed by atoms with van der Waals surface area (Å²) in [4.78, 5) is 6.54. The summed E-state index contributed by atoms with van der Waals surface area (Å²) in [6, 6.07) is 7.64. The molecule has 0 aliphatic carbocycles. The minimum Gasteiger partial charge on any atom is -0.294 e. The van der Waals surface area contributed by atoms with E-state index in [2.05, 4.69) is 21.9 Å². The number of halogens is 1. The van der Waals surface area contributed by atoms with Crippen LogP contribution in [0.15, 0.2) is 36.9 Å². The second kappa shape index (κ2) is 6.35. The molecular weight excluding hydrogens is 267 g/mol. The third-order valence-electron chi connectivity index (χ3n) is 4.32. The van der Waals surface area contributed by atoms with Crippen molar-refractivity contribution in [1.82, 2.24) is 19.7 Å². The SMILES string of the molecule is CC[C@@H](c1ccc(F)cc1)N1CCC[C@@H](n2cncn2)C1. The van der Waals surface area contributed by atoms with Crippen LogP contribution in [0.3, 0.4) is 0 Å². The molecule has 0 bridgehead atoms. The molecule has 0 saturated carbocycles. The average molecular weight is 288 g/mol. The molecule has 1 aromatic carbocycles. The Kier molecular flexibility index (Phi) is 4.29. The lowest BCUT2D eigenvalue weighted by molar-refractivity contribution is 0.117. The summed E-state index contributed by atoms with van der Waals surface area (Å²) >= 11 is 0. The van der Waals surface area contributed by atoms with Crippen LogP contribution in [0.2, 0.25) is 0 Å². The van der Waals surface area contributed by atoms with Crippen molar-refractivity contribution in [1.29, 1.82) is 0 Å². The number of hydrogen-bond donors (Lipinski definition) is 0. The fraction of sp³-hybridized carbons (Fsp3) is 0.500. The maximum Gasteiger partial charge on any atom is 0.137 e. The lowest BCUT2D eigenvalue weighted by Gasteiger charge is -2.38. The zero-order valence-electron chi connectivity index (χ0n) is 12.3. The van der Waals surface area contributed by atoms with Crippen molar-refractivity contribution in [2.75, 3.05) is 13.1 Å². The highest BCUT2D eigenvalue weighted by Crippen LogP contribution is 2.30. The highest BCUT2D eigenvalue weighted by atomic mass is 19.1. The molecule has 0 radical (unpaired) electrons. The molecule has 1 aromatic heterocycles. The molecule has 2 heterocycles. The van der Waals surface area contributed by atoms with E-state index in [0.717, 1.165) is 32.4 Å². The number of nitrogens with zero attached hydrogens (tertiary/aromatic N) is 4. The van der Waals surface area contributed by atoms with E-state index in [4.69, 9.17) is 0 Å². The molecule has 0 N–H and O–H groups in total. The van der Waals surface area contributed by atoms with Gasteiger partial charge in [-0.3, -0.25) is 4.90 Å². The summed E-state index contributed by atoms with van der Waals surface area (Å²) in [7, 11) is 0. The van der Waals surface area contributed by atoms with Crippen LogP contribution >= 0.6 is 0 Å². The van der Waals surface area contributed by atoms with Crippen LogP contribution in [0.1, 0.15) is 43.8 Å². The average Bonchev–Trinajstić information content (AvgIpc) is 3.05. The van der Waals surface area contributed by atoms with Crippen molar-refractivity contribution >= 4 is 0 Å². The highest BCUT2D eigenvalue weighted by molar-refractivity contribution is 5.20. The van der Waals surface area contributed by atoms with Crippen LogP contribution in [0.4, 0.5) is 4.39 Å². The van der Waals surface area contributed by atoms with Crippen LogP contribution in [0.25, 0.3) is 0 Å². The van der Waals surface area contributed by atoms with E-state index in [0.29, 0.717) is 12.1 Å². The van der Waals surface area contributed by atoms with E-state index in [9.17, 15) is 4.39 Å². The molecule has 0 unspecified atom stereocenters. The van der Waals surface area contributed by atoms with E-state index >= 15 is 0 Å². The first-order valence-electron chi connectivity index (χ1n) is 7.61. The molecular formula is C16H21FN4. The van der Waals surface area contributed by atoms with Crippen molar-refractivity contribution in [3.05, 3.63) is 48.3 Å². The second-order valence-electron chi connectivity index (χ2n) is 5.64. The molecule has 112 valence electrons. The Morgan fingerprint density at radius 3 is 2.81 bits per heavy atom. The quantitative estimate of drug-likeness (QED) is 0.866. The van der Waals surface area contributed by atoms with Gasteiger partial charge in [-0.2, -0.15) is 5.10 Å². The summed E-state index contributed by atoms with van der Waals surface area (Å²) in [6.07, 6.45) is 6.71.